The summed E-state index contributed by atoms with van der Waals surface area (Å²) in [5.41, 5.74) is 10.3. The van der Waals surface area contributed by atoms with Gasteiger partial charge in [-0.15, -0.1) is 0 Å². The van der Waals surface area contributed by atoms with Crippen molar-refractivity contribution in [3.8, 4) is 0 Å². The molecule has 1 heterocycles. The first-order valence-electron chi connectivity index (χ1n) is 7.21. The number of benzene rings is 2. The Bertz CT molecular complexity index is 762. The number of thioether (sulfide) groups is 1. The summed E-state index contributed by atoms with van der Waals surface area (Å²) in [6.07, 6.45) is 1.90. The molecule has 6 heteroatoms. The number of amides is 1. The Morgan fingerprint density at radius 3 is 2.57 bits per heavy atom. The number of nitrogens with zero attached hydrogens (tertiary/aromatic N) is 2. The predicted octanol–water partition coefficient (Wildman–Crippen LogP) is 3.07. The standard InChI is InChI=1S/C17H18N4OS/c1-17(12-7-6-8-13(18)11-12)15(22)21(16(19-17)23-2)20-14-9-4-3-5-10-14/h3-11,20H,18H2,1-2H3. The number of amidine groups is 1. The number of nitrogen functional groups attached to an aromatic ring is 1. The van der Waals surface area contributed by atoms with Crippen molar-refractivity contribution in [3.63, 3.8) is 0 Å². The van der Waals surface area contributed by atoms with E-state index in [9.17, 15) is 4.79 Å². The monoisotopic (exact) mass is 326 g/mol. The van der Waals surface area contributed by atoms with Gasteiger partial charge in [0.15, 0.2) is 10.7 Å². The molecule has 2 aromatic carbocycles. The number of hydrogen-bond acceptors (Lipinski definition) is 5. The molecule has 0 saturated carbocycles. The van der Waals surface area contributed by atoms with E-state index >= 15 is 0 Å². The van der Waals surface area contributed by atoms with Crippen LogP contribution in [-0.2, 0) is 10.3 Å². The van der Waals surface area contributed by atoms with Crippen LogP contribution in [0.25, 0.3) is 0 Å². The second-order valence-electron chi connectivity index (χ2n) is 5.41. The number of carbonyl (C=O) groups is 1. The number of carbonyl (C=O) groups excluding carboxylic acids is 1. The Hall–Kier alpha value is -2.47. The van der Waals surface area contributed by atoms with Gasteiger partial charge in [-0.3, -0.25) is 10.2 Å². The van der Waals surface area contributed by atoms with Crippen LogP contribution in [0.3, 0.4) is 0 Å². The van der Waals surface area contributed by atoms with Gasteiger partial charge >= 0.3 is 0 Å². The van der Waals surface area contributed by atoms with Gasteiger partial charge in [0.1, 0.15) is 0 Å². The van der Waals surface area contributed by atoms with Crippen molar-refractivity contribution in [2.45, 2.75) is 12.5 Å². The van der Waals surface area contributed by atoms with Crippen LogP contribution in [-0.4, -0.2) is 22.3 Å². The Kier molecular flexibility index (Phi) is 4.00. The zero-order valence-corrected chi connectivity index (χ0v) is 13.8. The van der Waals surface area contributed by atoms with E-state index in [4.69, 9.17) is 5.73 Å². The number of hydrogen-bond donors (Lipinski definition) is 2. The van der Waals surface area contributed by atoms with Crippen molar-refractivity contribution in [3.05, 3.63) is 60.2 Å². The molecule has 0 saturated heterocycles. The molecule has 2 aromatic rings. The highest BCUT2D eigenvalue weighted by Gasteiger charge is 2.46. The molecule has 5 nitrogen and oxygen atoms in total. The van der Waals surface area contributed by atoms with Crippen LogP contribution in [0, 0.1) is 0 Å². The third kappa shape index (κ3) is 2.77. The molecule has 23 heavy (non-hydrogen) atoms. The maximum absolute atomic E-state index is 13.0. The summed E-state index contributed by atoms with van der Waals surface area (Å²) >= 11 is 1.43. The summed E-state index contributed by atoms with van der Waals surface area (Å²) < 4.78 is 0. The molecule has 1 amide bonds. The van der Waals surface area contributed by atoms with Gasteiger partial charge in [-0.05, 0) is 43.0 Å². The summed E-state index contributed by atoms with van der Waals surface area (Å²) in [4.78, 5) is 17.7. The Balaban J connectivity index is 1.96. The predicted molar refractivity (Wildman–Crippen MR) is 96.1 cm³/mol. The highest BCUT2D eigenvalue weighted by atomic mass is 32.2. The highest BCUT2D eigenvalue weighted by molar-refractivity contribution is 8.13. The third-order valence-electron chi connectivity index (χ3n) is 3.78. The second kappa shape index (κ2) is 5.96. The lowest BCUT2D eigenvalue weighted by molar-refractivity contribution is -0.129. The minimum atomic E-state index is -0.977. The molecule has 118 valence electrons. The molecule has 0 radical (unpaired) electrons. The zero-order chi connectivity index (χ0) is 16.4. The molecule has 1 aliphatic rings. The van der Waals surface area contributed by atoms with Gasteiger partial charge in [-0.1, -0.05) is 42.1 Å². The summed E-state index contributed by atoms with van der Waals surface area (Å²) in [5, 5.41) is 2.13. The maximum Gasteiger partial charge on any atom is 0.279 e. The van der Waals surface area contributed by atoms with Crippen LogP contribution < -0.4 is 11.2 Å². The quantitative estimate of drug-likeness (QED) is 0.851. The van der Waals surface area contributed by atoms with Gasteiger partial charge in [0, 0.05) is 5.69 Å². The minimum absolute atomic E-state index is 0.128. The van der Waals surface area contributed by atoms with Crippen molar-refractivity contribution < 1.29 is 4.79 Å². The summed E-state index contributed by atoms with van der Waals surface area (Å²) in [6, 6.07) is 16.9. The van der Waals surface area contributed by atoms with Gasteiger partial charge in [-0.2, -0.15) is 5.01 Å². The van der Waals surface area contributed by atoms with E-state index in [1.165, 1.54) is 16.8 Å². The summed E-state index contributed by atoms with van der Waals surface area (Å²) in [5.74, 6) is -0.128. The highest BCUT2D eigenvalue weighted by Crippen LogP contribution is 2.36. The van der Waals surface area contributed by atoms with Crippen LogP contribution >= 0.6 is 11.8 Å². The molecule has 1 aliphatic heterocycles. The Labute approximate surface area is 139 Å². The fourth-order valence-corrected chi connectivity index (χ4v) is 3.09. The first kappa shape index (κ1) is 15.4. The van der Waals surface area contributed by atoms with Gasteiger partial charge in [0.25, 0.3) is 5.91 Å². The van der Waals surface area contributed by atoms with Crippen molar-refractivity contribution in [2.75, 3.05) is 17.4 Å². The average Bonchev–Trinajstić information content (AvgIpc) is 2.81. The normalized spacial score (nSPS) is 20.5. The van der Waals surface area contributed by atoms with E-state index in [0.29, 0.717) is 10.9 Å². The Morgan fingerprint density at radius 1 is 1.17 bits per heavy atom. The first-order valence-corrected chi connectivity index (χ1v) is 8.43. The number of hydrazine groups is 1. The van der Waals surface area contributed by atoms with E-state index in [1.807, 2.05) is 55.6 Å². The zero-order valence-electron chi connectivity index (χ0n) is 13.0. The van der Waals surface area contributed by atoms with E-state index in [1.54, 1.807) is 12.1 Å². The van der Waals surface area contributed by atoms with Crippen molar-refractivity contribution in [1.82, 2.24) is 5.01 Å². The van der Waals surface area contributed by atoms with Gasteiger partial charge in [0.05, 0.1) is 5.69 Å². The smallest absolute Gasteiger partial charge is 0.279 e. The van der Waals surface area contributed by atoms with Gasteiger partial charge in [-0.25, -0.2) is 4.99 Å². The SMILES string of the molecule is CSC1=NC(C)(c2cccc(N)c2)C(=O)N1Nc1ccccc1. The average molecular weight is 326 g/mol. The largest absolute Gasteiger partial charge is 0.399 e. The number of anilines is 2. The molecule has 1 atom stereocenters. The minimum Gasteiger partial charge on any atom is -0.399 e. The molecular formula is C17H18N4OS. The number of rotatable bonds is 3. The second-order valence-corrected chi connectivity index (χ2v) is 6.19. The molecule has 0 fully saturated rings. The summed E-state index contributed by atoms with van der Waals surface area (Å²) in [6.45, 7) is 1.81. The lowest BCUT2D eigenvalue weighted by atomic mass is 9.92. The lowest BCUT2D eigenvalue weighted by Crippen LogP contribution is -2.42. The van der Waals surface area contributed by atoms with Crippen molar-refractivity contribution in [1.29, 1.82) is 0 Å². The van der Waals surface area contributed by atoms with E-state index in [0.717, 1.165) is 11.3 Å². The van der Waals surface area contributed by atoms with Gasteiger partial charge < -0.3 is 5.73 Å². The topological polar surface area (TPSA) is 70.7 Å². The van der Waals surface area contributed by atoms with Crippen LogP contribution in [0.4, 0.5) is 11.4 Å². The van der Waals surface area contributed by atoms with E-state index in [2.05, 4.69) is 10.4 Å². The van der Waals surface area contributed by atoms with Crippen LogP contribution in [0.15, 0.2) is 59.6 Å². The van der Waals surface area contributed by atoms with Crippen molar-refractivity contribution >= 4 is 34.2 Å². The molecule has 3 N–H and O–H groups in total. The molecular weight excluding hydrogens is 308 g/mol. The maximum atomic E-state index is 13.0. The van der Waals surface area contributed by atoms with Crippen molar-refractivity contribution in [2.24, 2.45) is 4.99 Å². The van der Waals surface area contributed by atoms with Crippen LogP contribution in [0.5, 0.6) is 0 Å². The van der Waals surface area contributed by atoms with Gasteiger partial charge in [0.2, 0.25) is 0 Å². The van der Waals surface area contributed by atoms with Crippen LogP contribution in [0.1, 0.15) is 12.5 Å². The number of nitrogens with one attached hydrogen (secondary N) is 1. The molecule has 0 spiro atoms. The summed E-state index contributed by atoms with van der Waals surface area (Å²) in [7, 11) is 0. The number of nitrogens with two attached hydrogens (primary N) is 1. The number of para-hydroxylation sites is 1. The van der Waals surface area contributed by atoms with E-state index in [-0.39, 0.29) is 5.91 Å². The molecule has 0 bridgehead atoms. The number of aliphatic imine (C=N–C) groups is 1. The molecule has 0 aliphatic carbocycles. The lowest BCUT2D eigenvalue weighted by Gasteiger charge is -2.24. The molecule has 1 unspecified atom stereocenters. The fourth-order valence-electron chi connectivity index (χ4n) is 2.50. The van der Waals surface area contributed by atoms with E-state index < -0.39 is 5.54 Å². The third-order valence-corrected chi connectivity index (χ3v) is 4.42. The first-order chi connectivity index (χ1) is 11.0. The van der Waals surface area contributed by atoms with Crippen LogP contribution in [0.2, 0.25) is 0 Å². The molecule has 3 rings (SSSR count). The Morgan fingerprint density at radius 2 is 1.91 bits per heavy atom. The fraction of sp³-hybridized carbons (Fsp3) is 0.176. The molecule has 0 aromatic heterocycles.